The molecule has 2 aliphatic rings. The molecule has 0 aliphatic heterocycles. The summed E-state index contributed by atoms with van der Waals surface area (Å²) in [7, 11) is 0. The summed E-state index contributed by atoms with van der Waals surface area (Å²) in [6, 6.07) is 0. The second kappa shape index (κ2) is 7.01. The molecular weight excluding hydrogens is 326 g/mol. The van der Waals surface area contributed by atoms with Crippen LogP contribution in [-0.2, 0) is 16.0 Å². The van der Waals surface area contributed by atoms with E-state index in [2.05, 4.69) is 15.6 Å². The third-order valence-corrected chi connectivity index (χ3v) is 5.64. The minimum Gasteiger partial charge on any atom is -0.356 e. The Kier molecular flexibility index (Phi) is 4.99. The third kappa shape index (κ3) is 3.66. The molecule has 0 aromatic carbocycles. The van der Waals surface area contributed by atoms with Crippen molar-refractivity contribution in [3.05, 3.63) is 10.6 Å². The van der Waals surface area contributed by atoms with Crippen LogP contribution in [0.25, 0.3) is 0 Å². The summed E-state index contributed by atoms with van der Waals surface area (Å²) < 4.78 is 0. The lowest BCUT2D eigenvalue weighted by Gasteiger charge is -2.23. The summed E-state index contributed by atoms with van der Waals surface area (Å²) in [5.74, 6) is -0.0574. The number of amides is 2. The highest BCUT2D eigenvalue weighted by molar-refractivity contribution is 7.17. The molecule has 130 valence electrons. The van der Waals surface area contributed by atoms with Gasteiger partial charge in [0.25, 0.3) is 0 Å². The van der Waals surface area contributed by atoms with Crippen molar-refractivity contribution in [3.8, 4) is 0 Å². The number of carbonyl (C=O) groups is 3. The number of nitrogens with zero attached hydrogens (tertiary/aromatic N) is 1. The van der Waals surface area contributed by atoms with Gasteiger partial charge in [-0.3, -0.25) is 14.4 Å². The van der Waals surface area contributed by atoms with E-state index in [1.807, 2.05) is 13.8 Å². The summed E-state index contributed by atoms with van der Waals surface area (Å²) in [4.78, 5) is 41.5. The van der Waals surface area contributed by atoms with Crippen molar-refractivity contribution in [3.63, 3.8) is 0 Å². The maximum absolute atomic E-state index is 12.3. The molecule has 0 saturated heterocycles. The van der Waals surface area contributed by atoms with E-state index < -0.39 is 0 Å². The standard InChI is InChI=1S/C17H23N3O3S/c1-9(2)8-18-15(22)11-6-12-14(13(21)7-11)24-17(19-12)20-16(23)10-4-3-5-10/h9-11H,3-8H2,1-2H3,(H,18,22)(H,19,20,23)/t11-/m0/s1. The van der Waals surface area contributed by atoms with Crippen LogP contribution >= 0.6 is 11.3 Å². The van der Waals surface area contributed by atoms with E-state index in [1.54, 1.807) is 0 Å². The highest BCUT2D eigenvalue weighted by atomic mass is 32.1. The van der Waals surface area contributed by atoms with Crippen LogP contribution in [0.4, 0.5) is 5.13 Å². The van der Waals surface area contributed by atoms with Crippen molar-refractivity contribution in [2.24, 2.45) is 17.8 Å². The van der Waals surface area contributed by atoms with Crippen LogP contribution in [0.5, 0.6) is 0 Å². The Morgan fingerprint density at radius 2 is 1.96 bits per heavy atom. The Balaban J connectivity index is 1.65. The molecular formula is C17H23N3O3S. The molecule has 0 radical (unpaired) electrons. The lowest BCUT2D eigenvalue weighted by Crippen LogP contribution is -2.37. The number of Topliss-reactive ketones (excluding diaryl/α,β-unsaturated/α-hetero) is 1. The first-order valence-corrected chi connectivity index (χ1v) is 9.37. The van der Waals surface area contributed by atoms with E-state index >= 15 is 0 Å². The molecule has 24 heavy (non-hydrogen) atoms. The van der Waals surface area contributed by atoms with Gasteiger partial charge in [-0.25, -0.2) is 4.98 Å². The minimum absolute atomic E-state index is 0.00831. The molecule has 0 spiro atoms. The van der Waals surface area contributed by atoms with Gasteiger partial charge in [0, 0.05) is 25.3 Å². The van der Waals surface area contributed by atoms with Crippen molar-refractivity contribution >= 4 is 34.1 Å². The first-order chi connectivity index (χ1) is 11.4. The average Bonchev–Trinajstić information content (AvgIpc) is 2.85. The Hall–Kier alpha value is -1.76. The molecule has 6 nitrogen and oxygen atoms in total. The molecule has 1 aromatic heterocycles. The number of fused-ring (bicyclic) bond motifs is 1. The summed E-state index contributed by atoms with van der Waals surface area (Å²) in [5, 5.41) is 6.19. The molecule has 7 heteroatoms. The van der Waals surface area contributed by atoms with Crippen LogP contribution in [0.15, 0.2) is 0 Å². The van der Waals surface area contributed by atoms with E-state index in [0.29, 0.717) is 34.6 Å². The van der Waals surface area contributed by atoms with Gasteiger partial charge in [-0.05, 0) is 18.8 Å². The largest absolute Gasteiger partial charge is 0.356 e. The van der Waals surface area contributed by atoms with Crippen molar-refractivity contribution in [1.29, 1.82) is 0 Å². The fourth-order valence-corrected chi connectivity index (χ4v) is 3.84. The molecule has 2 aliphatic carbocycles. The average molecular weight is 349 g/mol. The SMILES string of the molecule is CC(C)CNC(=O)[C@@H]1CC(=O)c2sc(NC(=O)C3CCC3)nc2C1. The second-order valence-corrected chi connectivity index (χ2v) is 8.08. The molecule has 1 saturated carbocycles. The van der Waals surface area contributed by atoms with E-state index in [4.69, 9.17) is 0 Å². The van der Waals surface area contributed by atoms with Gasteiger partial charge in [-0.2, -0.15) is 0 Å². The van der Waals surface area contributed by atoms with Gasteiger partial charge < -0.3 is 10.6 Å². The quantitative estimate of drug-likeness (QED) is 0.854. The normalized spacial score (nSPS) is 20.5. The zero-order chi connectivity index (χ0) is 17.3. The van der Waals surface area contributed by atoms with E-state index in [-0.39, 0.29) is 35.9 Å². The van der Waals surface area contributed by atoms with E-state index in [0.717, 1.165) is 19.3 Å². The lowest BCUT2D eigenvalue weighted by atomic mass is 9.85. The monoisotopic (exact) mass is 349 g/mol. The molecule has 3 rings (SSSR count). The molecule has 1 atom stereocenters. The van der Waals surface area contributed by atoms with Gasteiger partial charge >= 0.3 is 0 Å². The van der Waals surface area contributed by atoms with Crippen LogP contribution in [-0.4, -0.2) is 29.1 Å². The number of aromatic nitrogens is 1. The third-order valence-electron chi connectivity index (χ3n) is 4.58. The van der Waals surface area contributed by atoms with Crippen LogP contribution in [0, 0.1) is 17.8 Å². The zero-order valence-corrected chi connectivity index (χ0v) is 14.9. The summed E-state index contributed by atoms with van der Waals surface area (Å²) in [6.07, 6.45) is 3.62. The number of thiazole rings is 1. The highest BCUT2D eigenvalue weighted by Gasteiger charge is 2.33. The molecule has 0 unspecified atom stereocenters. The molecule has 2 N–H and O–H groups in total. The number of nitrogens with one attached hydrogen (secondary N) is 2. The molecule has 1 heterocycles. The summed E-state index contributed by atoms with van der Waals surface area (Å²) >= 11 is 1.23. The fraction of sp³-hybridized carbons (Fsp3) is 0.647. The van der Waals surface area contributed by atoms with Crippen LogP contribution in [0.1, 0.15) is 54.9 Å². The number of carbonyl (C=O) groups excluding carboxylic acids is 3. The number of anilines is 1. The number of rotatable bonds is 5. The molecule has 2 amide bonds. The van der Waals surface area contributed by atoms with Crippen LogP contribution in [0.2, 0.25) is 0 Å². The Morgan fingerprint density at radius 1 is 1.21 bits per heavy atom. The number of hydrogen-bond donors (Lipinski definition) is 2. The van der Waals surface area contributed by atoms with Crippen molar-refractivity contribution in [1.82, 2.24) is 10.3 Å². The highest BCUT2D eigenvalue weighted by Crippen LogP contribution is 2.34. The van der Waals surface area contributed by atoms with Crippen LogP contribution in [0.3, 0.4) is 0 Å². The zero-order valence-electron chi connectivity index (χ0n) is 14.1. The fourth-order valence-electron chi connectivity index (χ4n) is 2.90. The topological polar surface area (TPSA) is 88.2 Å². The van der Waals surface area contributed by atoms with Gasteiger partial charge in [0.2, 0.25) is 11.8 Å². The minimum atomic E-state index is -0.360. The number of hydrogen-bond acceptors (Lipinski definition) is 5. The van der Waals surface area contributed by atoms with Gasteiger partial charge in [-0.15, -0.1) is 0 Å². The maximum atomic E-state index is 12.3. The molecule has 1 fully saturated rings. The van der Waals surface area contributed by atoms with E-state index in [1.165, 1.54) is 11.3 Å². The second-order valence-electron chi connectivity index (χ2n) is 7.08. The summed E-state index contributed by atoms with van der Waals surface area (Å²) in [6.45, 7) is 4.67. The lowest BCUT2D eigenvalue weighted by molar-refractivity contribution is -0.125. The first kappa shape index (κ1) is 17.1. The van der Waals surface area contributed by atoms with E-state index in [9.17, 15) is 14.4 Å². The maximum Gasteiger partial charge on any atom is 0.229 e. The Labute approximate surface area is 145 Å². The van der Waals surface area contributed by atoms with Crippen molar-refractivity contribution < 1.29 is 14.4 Å². The van der Waals surface area contributed by atoms with Crippen molar-refractivity contribution in [2.75, 3.05) is 11.9 Å². The smallest absolute Gasteiger partial charge is 0.229 e. The van der Waals surface area contributed by atoms with Gasteiger partial charge in [0.05, 0.1) is 16.5 Å². The van der Waals surface area contributed by atoms with Gasteiger partial charge in [0.1, 0.15) is 0 Å². The predicted octanol–water partition coefficient (Wildman–Crippen LogP) is 2.40. The Bertz CT molecular complexity index is 664. The molecule has 0 bridgehead atoms. The first-order valence-electron chi connectivity index (χ1n) is 8.55. The predicted molar refractivity (Wildman–Crippen MR) is 92.1 cm³/mol. The van der Waals surface area contributed by atoms with Gasteiger partial charge in [0.15, 0.2) is 10.9 Å². The number of ketones is 1. The molecule has 1 aromatic rings. The van der Waals surface area contributed by atoms with Crippen LogP contribution < -0.4 is 10.6 Å². The Morgan fingerprint density at radius 3 is 2.58 bits per heavy atom. The van der Waals surface area contributed by atoms with Crippen molar-refractivity contribution in [2.45, 2.75) is 46.0 Å². The van der Waals surface area contributed by atoms with Gasteiger partial charge in [-0.1, -0.05) is 31.6 Å². The summed E-state index contributed by atoms with van der Waals surface area (Å²) in [5.41, 5.74) is 0.643.